The standard InChI is InChI=1S/C29H26F2N10O2/c1-5-23(42)39(3)26-16-11-41(12-17(16)26)29-32-10-21-25(36-29)28(34-13-33-21)35-19-6-7-22(14(2)24(19)31)43-15-8-18(30)27-20(9-15)37-38-40(27)4/h5-10,13,16-17,26H,1,11-12H2,2-4H3,(H,33,34,35). The summed E-state index contributed by atoms with van der Waals surface area (Å²) in [6.07, 6.45) is 4.31. The molecule has 0 spiro atoms. The number of ether oxygens (including phenoxy) is 1. The van der Waals surface area contributed by atoms with Crippen molar-refractivity contribution >= 4 is 45.4 Å². The van der Waals surface area contributed by atoms with E-state index in [0.717, 1.165) is 13.1 Å². The molecule has 2 fully saturated rings. The molecule has 1 N–H and O–H groups in total. The largest absolute Gasteiger partial charge is 0.457 e. The van der Waals surface area contributed by atoms with E-state index in [0.29, 0.717) is 40.2 Å². The number of benzene rings is 2. The average molecular weight is 585 g/mol. The number of carbonyl (C=O) groups excluding carboxylic acids is 1. The number of halogens is 2. The number of rotatable bonds is 7. The summed E-state index contributed by atoms with van der Waals surface area (Å²) in [6, 6.07) is 6.05. The first-order chi connectivity index (χ1) is 20.7. The Kier molecular flexibility index (Phi) is 6.14. The van der Waals surface area contributed by atoms with Gasteiger partial charge in [-0.2, -0.15) is 0 Å². The summed E-state index contributed by atoms with van der Waals surface area (Å²) in [7, 11) is 3.40. The molecule has 218 valence electrons. The lowest BCUT2D eigenvalue weighted by Gasteiger charge is -2.24. The third-order valence-electron chi connectivity index (χ3n) is 8.21. The second-order valence-electron chi connectivity index (χ2n) is 10.8. The monoisotopic (exact) mass is 584 g/mol. The number of hydrogen-bond donors (Lipinski definition) is 1. The van der Waals surface area contributed by atoms with E-state index in [2.05, 4.69) is 42.1 Å². The SMILES string of the molecule is C=CC(=O)N(C)C1C2CN(c3ncc4ncnc(Nc5ccc(Oc6cc(F)c7c(c6)nnn7C)c(C)c5F)c4n3)CC21. The van der Waals surface area contributed by atoms with Crippen LogP contribution in [-0.2, 0) is 11.8 Å². The number of aryl methyl sites for hydroxylation is 1. The Hall–Kier alpha value is -5.27. The van der Waals surface area contributed by atoms with Crippen molar-refractivity contribution in [2.45, 2.75) is 13.0 Å². The number of anilines is 3. The van der Waals surface area contributed by atoms with Crippen LogP contribution in [0.15, 0.2) is 49.4 Å². The molecular formula is C29H26F2N10O2. The summed E-state index contributed by atoms with van der Waals surface area (Å²) in [5, 5.41) is 10.8. The maximum absolute atomic E-state index is 15.6. The summed E-state index contributed by atoms with van der Waals surface area (Å²) < 4.78 is 37.3. The molecule has 2 atom stereocenters. The van der Waals surface area contributed by atoms with E-state index in [1.165, 1.54) is 29.2 Å². The number of nitrogens with one attached hydrogen (secondary N) is 1. The maximum Gasteiger partial charge on any atom is 0.245 e. The third kappa shape index (κ3) is 4.45. The number of aromatic nitrogens is 7. The van der Waals surface area contributed by atoms with Gasteiger partial charge in [-0.25, -0.2) is 33.4 Å². The van der Waals surface area contributed by atoms with Gasteiger partial charge in [0.25, 0.3) is 0 Å². The van der Waals surface area contributed by atoms with Gasteiger partial charge >= 0.3 is 0 Å². The molecule has 7 rings (SSSR count). The Morgan fingerprint density at radius 3 is 2.72 bits per heavy atom. The number of hydrogen-bond acceptors (Lipinski definition) is 10. The van der Waals surface area contributed by atoms with Gasteiger partial charge < -0.3 is 19.9 Å². The number of nitrogens with zero attached hydrogens (tertiary/aromatic N) is 9. The second-order valence-corrected chi connectivity index (χ2v) is 10.8. The first-order valence-corrected chi connectivity index (χ1v) is 13.6. The molecule has 1 amide bonds. The highest BCUT2D eigenvalue weighted by Crippen LogP contribution is 2.49. The van der Waals surface area contributed by atoms with E-state index in [9.17, 15) is 9.18 Å². The van der Waals surface area contributed by atoms with E-state index in [1.54, 1.807) is 44.2 Å². The van der Waals surface area contributed by atoms with Crippen LogP contribution >= 0.6 is 0 Å². The summed E-state index contributed by atoms with van der Waals surface area (Å²) in [5.41, 5.74) is 1.88. The molecular weight excluding hydrogens is 558 g/mol. The van der Waals surface area contributed by atoms with Crippen LogP contribution in [0.4, 0.5) is 26.2 Å². The van der Waals surface area contributed by atoms with Crippen molar-refractivity contribution in [3.8, 4) is 11.5 Å². The third-order valence-corrected chi connectivity index (χ3v) is 8.21. The molecule has 3 aromatic heterocycles. The topological polar surface area (TPSA) is 127 Å². The van der Waals surface area contributed by atoms with Crippen LogP contribution in [0, 0.1) is 30.4 Å². The van der Waals surface area contributed by atoms with Crippen molar-refractivity contribution in [1.82, 2.24) is 39.8 Å². The zero-order valence-electron chi connectivity index (χ0n) is 23.5. The normalized spacial score (nSPS) is 19.0. The minimum Gasteiger partial charge on any atom is -0.457 e. The number of likely N-dealkylation sites (N-methyl/N-ethyl adjacent to an activating group) is 1. The molecule has 1 saturated heterocycles. The number of piperidine rings is 1. The van der Waals surface area contributed by atoms with Crippen molar-refractivity contribution in [3.05, 3.63) is 66.6 Å². The van der Waals surface area contributed by atoms with Crippen molar-refractivity contribution in [2.75, 3.05) is 30.4 Å². The first kappa shape index (κ1) is 26.6. The fourth-order valence-electron chi connectivity index (χ4n) is 5.92. The lowest BCUT2D eigenvalue weighted by Crippen LogP contribution is -2.36. The molecule has 12 nitrogen and oxygen atoms in total. The average Bonchev–Trinajstić information content (AvgIpc) is 3.28. The van der Waals surface area contributed by atoms with Crippen LogP contribution in [0.1, 0.15) is 5.56 Å². The summed E-state index contributed by atoms with van der Waals surface area (Å²) in [4.78, 5) is 33.6. The first-order valence-electron chi connectivity index (χ1n) is 13.6. The van der Waals surface area contributed by atoms with Crippen LogP contribution in [0.2, 0.25) is 0 Å². The quantitative estimate of drug-likeness (QED) is 0.282. The molecule has 14 heteroatoms. The van der Waals surface area contributed by atoms with Crippen molar-refractivity contribution in [2.24, 2.45) is 18.9 Å². The van der Waals surface area contributed by atoms with Gasteiger partial charge in [0, 0.05) is 62.8 Å². The molecule has 1 aliphatic carbocycles. The molecule has 5 aromatic rings. The Balaban J connectivity index is 1.11. The minimum absolute atomic E-state index is 0.0831. The van der Waals surface area contributed by atoms with E-state index in [-0.39, 0.29) is 40.2 Å². The lowest BCUT2D eigenvalue weighted by atomic mass is 10.1. The predicted molar refractivity (Wildman–Crippen MR) is 154 cm³/mol. The van der Waals surface area contributed by atoms with E-state index < -0.39 is 11.6 Å². The minimum atomic E-state index is -0.566. The second kappa shape index (κ2) is 9.93. The molecule has 1 aliphatic heterocycles. The molecule has 2 unspecified atom stereocenters. The van der Waals surface area contributed by atoms with E-state index >= 15 is 4.39 Å². The van der Waals surface area contributed by atoms with Gasteiger partial charge in [0.1, 0.15) is 39.9 Å². The maximum atomic E-state index is 15.6. The Morgan fingerprint density at radius 1 is 1.16 bits per heavy atom. The Bertz CT molecular complexity index is 1930. The van der Waals surface area contributed by atoms with Crippen LogP contribution < -0.4 is 15.0 Å². The highest BCUT2D eigenvalue weighted by molar-refractivity contribution is 5.88. The molecule has 0 bridgehead atoms. The van der Waals surface area contributed by atoms with E-state index in [4.69, 9.17) is 9.72 Å². The van der Waals surface area contributed by atoms with Gasteiger partial charge in [-0.1, -0.05) is 11.8 Å². The van der Waals surface area contributed by atoms with Gasteiger partial charge in [0.2, 0.25) is 11.9 Å². The van der Waals surface area contributed by atoms with Gasteiger partial charge in [-0.3, -0.25) is 4.79 Å². The fourth-order valence-corrected chi connectivity index (χ4v) is 5.92. The Morgan fingerprint density at radius 2 is 1.95 bits per heavy atom. The number of fused-ring (bicyclic) bond motifs is 3. The lowest BCUT2D eigenvalue weighted by molar-refractivity contribution is -0.125. The Labute approximate surface area is 244 Å². The highest BCUT2D eigenvalue weighted by Gasteiger charge is 2.58. The van der Waals surface area contributed by atoms with Gasteiger partial charge in [0.05, 0.1) is 11.9 Å². The summed E-state index contributed by atoms with van der Waals surface area (Å²) >= 11 is 0. The smallest absolute Gasteiger partial charge is 0.245 e. The highest BCUT2D eigenvalue weighted by atomic mass is 19.1. The summed E-state index contributed by atoms with van der Waals surface area (Å²) in [5.74, 6) is 0.706. The molecule has 2 aliphatic rings. The fraction of sp³-hybridized carbons (Fsp3) is 0.276. The predicted octanol–water partition coefficient (Wildman–Crippen LogP) is 3.90. The summed E-state index contributed by atoms with van der Waals surface area (Å²) in [6.45, 7) is 6.57. The van der Waals surface area contributed by atoms with Gasteiger partial charge in [-0.15, -0.1) is 5.10 Å². The molecule has 4 heterocycles. The van der Waals surface area contributed by atoms with Crippen LogP contribution in [0.25, 0.3) is 22.1 Å². The van der Waals surface area contributed by atoms with Crippen molar-refractivity contribution < 1.29 is 18.3 Å². The number of carbonyl (C=O) groups is 1. The zero-order valence-corrected chi connectivity index (χ0v) is 23.5. The van der Waals surface area contributed by atoms with Crippen LogP contribution in [0.5, 0.6) is 11.5 Å². The molecule has 0 radical (unpaired) electrons. The van der Waals surface area contributed by atoms with Crippen LogP contribution in [0.3, 0.4) is 0 Å². The molecule has 1 saturated carbocycles. The number of amides is 1. The van der Waals surface area contributed by atoms with Crippen molar-refractivity contribution in [1.29, 1.82) is 0 Å². The molecule has 2 aromatic carbocycles. The zero-order chi connectivity index (χ0) is 30.0. The van der Waals surface area contributed by atoms with Gasteiger partial charge in [-0.05, 0) is 25.1 Å². The van der Waals surface area contributed by atoms with Crippen LogP contribution in [-0.4, -0.2) is 71.9 Å². The molecule has 43 heavy (non-hydrogen) atoms. The van der Waals surface area contributed by atoms with Gasteiger partial charge in [0.15, 0.2) is 17.5 Å². The van der Waals surface area contributed by atoms with E-state index in [1.807, 2.05) is 0 Å². The van der Waals surface area contributed by atoms with Crippen molar-refractivity contribution in [3.63, 3.8) is 0 Å².